The van der Waals surface area contributed by atoms with Crippen LogP contribution in [0.1, 0.15) is 123 Å². The van der Waals surface area contributed by atoms with Crippen molar-refractivity contribution in [3.8, 4) is 0 Å². The molecule has 1 aromatic rings. The smallest absolute Gasteiger partial charge is 0.0154 e. The Kier molecular flexibility index (Phi) is 31.0. The monoisotopic (exact) mass is 378 g/mol. The summed E-state index contributed by atoms with van der Waals surface area (Å²) >= 11 is 0. The van der Waals surface area contributed by atoms with Gasteiger partial charge in [-0.15, -0.1) is 6.58 Å². The fourth-order valence-corrected chi connectivity index (χ4v) is 3.53. The van der Waals surface area contributed by atoms with Crippen LogP contribution in [0.4, 0.5) is 0 Å². The number of aryl methyl sites for hydroxylation is 3. The summed E-state index contributed by atoms with van der Waals surface area (Å²) in [5.41, 5.74) is 6.08. The lowest BCUT2D eigenvalue weighted by Crippen LogP contribution is -2.14. The Bertz CT molecular complexity index is 391. The summed E-state index contributed by atoms with van der Waals surface area (Å²) in [6, 6.07) is 4.70. The minimum atomic E-state index is 0.823. The van der Waals surface area contributed by atoms with Crippen LogP contribution < -0.4 is 0 Å². The van der Waals surface area contributed by atoms with Gasteiger partial charge in [0.05, 0.1) is 0 Å². The summed E-state index contributed by atoms with van der Waals surface area (Å²) < 4.78 is 0. The van der Waals surface area contributed by atoms with Gasteiger partial charge in [0, 0.05) is 0 Å². The van der Waals surface area contributed by atoms with Crippen LogP contribution in [0.15, 0.2) is 24.8 Å². The topological polar surface area (TPSA) is 0 Å². The van der Waals surface area contributed by atoms with Gasteiger partial charge in [-0.3, -0.25) is 0 Å². The third-order valence-corrected chi connectivity index (χ3v) is 4.08. The maximum Gasteiger partial charge on any atom is -0.0154 e. The highest BCUT2D eigenvalue weighted by Gasteiger charge is 2.22. The van der Waals surface area contributed by atoms with Crippen molar-refractivity contribution in [2.24, 2.45) is 5.92 Å². The molecule has 0 heterocycles. The largest absolute Gasteiger partial charge is 0.103 e. The molecule has 1 aliphatic carbocycles. The standard InChI is InChI=1S/C16H24.C3H6.4C2H6/c1-11-6-5-7-15(10-11)16-13(3)8-12(2)9-14(16)4;1-3-2;4*1-2/h8-9,11,15H,5-7,10H2,1-4H3;3H,1H2,2H3;4*1-2H3. The van der Waals surface area contributed by atoms with Gasteiger partial charge < -0.3 is 0 Å². The number of hydrogen-bond acceptors (Lipinski definition) is 0. The van der Waals surface area contributed by atoms with Gasteiger partial charge in [0.1, 0.15) is 0 Å². The Morgan fingerprint density at radius 2 is 1.19 bits per heavy atom. The van der Waals surface area contributed by atoms with E-state index in [9.17, 15) is 0 Å². The molecule has 0 nitrogen and oxygen atoms in total. The Hall–Kier alpha value is -1.04. The zero-order valence-electron chi connectivity index (χ0n) is 21.4. The van der Waals surface area contributed by atoms with Crippen LogP contribution in [-0.2, 0) is 0 Å². The van der Waals surface area contributed by atoms with E-state index in [4.69, 9.17) is 0 Å². The average Bonchev–Trinajstić information content (AvgIpc) is 2.68. The lowest BCUT2D eigenvalue weighted by molar-refractivity contribution is 0.342. The molecule has 0 heteroatoms. The third-order valence-electron chi connectivity index (χ3n) is 4.08. The average molecular weight is 379 g/mol. The van der Waals surface area contributed by atoms with E-state index in [1.807, 2.05) is 62.3 Å². The normalized spacial score (nSPS) is 16.6. The predicted octanol–water partition coefficient (Wildman–Crippen LogP) is 10.2. The van der Waals surface area contributed by atoms with Crippen LogP contribution in [0.5, 0.6) is 0 Å². The summed E-state index contributed by atoms with van der Waals surface area (Å²) in [5, 5.41) is 0. The summed E-state index contributed by atoms with van der Waals surface area (Å²) in [6.45, 7) is 30.4. The summed E-state index contributed by atoms with van der Waals surface area (Å²) in [7, 11) is 0. The molecule has 2 atom stereocenters. The van der Waals surface area contributed by atoms with E-state index in [-0.39, 0.29) is 0 Å². The van der Waals surface area contributed by atoms with Crippen molar-refractivity contribution in [2.45, 2.75) is 122 Å². The van der Waals surface area contributed by atoms with Crippen LogP contribution in [-0.4, -0.2) is 0 Å². The number of hydrogen-bond donors (Lipinski definition) is 0. The van der Waals surface area contributed by atoms with Gasteiger partial charge >= 0.3 is 0 Å². The van der Waals surface area contributed by atoms with Gasteiger partial charge in [-0.1, -0.05) is 98.9 Å². The van der Waals surface area contributed by atoms with Crippen LogP contribution in [0.2, 0.25) is 0 Å². The second-order valence-electron chi connectivity index (χ2n) is 6.19. The van der Waals surface area contributed by atoms with Crippen molar-refractivity contribution >= 4 is 0 Å². The number of allylic oxidation sites excluding steroid dienone is 1. The van der Waals surface area contributed by atoms with E-state index in [0.717, 1.165) is 11.8 Å². The lowest BCUT2D eigenvalue weighted by atomic mass is 9.76. The summed E-state index contributed by atoms with van der Waals surface area (Å²) in [5.74, 6) is 1.74. The van der Waals surface area contributed by atoms with Crippen LogP contribution in [0.25, 0.3) is 0 Å². The van der Waals surface area contributed by atoms with E-state index in [2.05, 4.69) is 46.4 Å². The van der Waals surface area contributed by atoms with Crippen molar-refractivity contribution in [2.75, 3.05) is 0 Å². The van der Waals surface area contributed by atoms with Crippen LogP contribution >= 0.6 is 0 Å². The maximum absolute atomic E-state index is 3.36. The summed E-state index contributed by atoms with van der Waals surface area (Å²) in [4.78, 5) is 0. The molecule has 2 rings (SSSR count). The van der Waals surface area contributed by atoms with Gasteiger partial charge in [0.15, 0.2) is 0 Å². The molecule has 0 spiro atoms. The number of rotatable bonds is 1. The second kappa shape index (κ2) is 25.0. The first-order valence-corrected chi connectivity index (χ1v) is 11.6. The van der Waals surface area contributed by atoms with Gasteiger partial charge in [0.25, 0.3) is 0 Å². The molecule has 0 N–H and O–H groups in total. The molecular weight excluding hydrogens is 324 g/mol. The van der Waals surface area contributed by atoms with E-state index in [1.54, 1.807) is 11.6 Å². The summed E-state index contributed by atoms with van der Waals surface area (Å²) in [6.07, 6.45) is 7.39. The molecule has 0 bridgehead atoms. The van der Waals surface area contributed by atoms with Crippen molar-refractivity contribution in [1.82, 2.24) is 0 Å². The quantitative estimate of drug-likeness (QED) is 0.426. The third kappa shape index (κ3) is 15.7. The molecular formula is C27H54. The predicted molar refractivity (Wildman–Crippen MR) is 132 cm³/mol. The molecule has 0 aromatic heterocycles. The molecule has 0 saturated heterocycles. The fourth-order valence-electron chi connectivity index (χ4n) is 3.53. The SMILES string of the molecule is C=CC.CC.CC.CC.CC.Cc1cc(C)c(C2CCCC(C)C2)c(C)c1. The minimum absolute atomic E-state index is 0.823. The highest BCUT2D eigenvalue weighted by Crippen LogP contribution is 2.38. The Morgan fingerprint density at radius 1 is 0.815 bits per heavy atom. The molecule has 27 heavy (non-hydrogen) atoms. The highest BCUT2D eigenvalue weighted by atomic mass is 14.3. The molecule has 0 amide bonds. The van der Waals surface area contributed by atoms with Crippen molar-refractivity contribution in [1.29, 1.82) is 0 Å². The molecule has 2 unspecified atom stereocenters. The van der Waals surface area contributed by atoms with E-state index in [0.29, 0.717) is 0 Å². The molecule has 0 radical (unpaired) electrons. The zero-order chi connectivity index (χ0) is 22.4. The van der Waals surface area contributed by atoms with Gasteiger partial charge in [0.2, 0.25) is 0 Å². The Balaban J connectivity index is -0.000000206. The molecule has 1 fully saturated rings. The Morgan fingerprint density at radius 3 is 1.52 bits per heavy atom. The molecule has 1 saturated carbocycles. The van der Waals surface area contributed by atoms with Crippen molar-refractivity contribution < 1.29 is 0 Å². The van der Waals surface area contributed by atoms with Gasteiger partial charge in [-0.25, -0.2) is 0 Å². The zero-order valence-corrected chi connectivity index (χ0v) is 21.4. The van der Waals surface area contributed by atoms with Crippen molar-refractivity contribution in [3.63, 3.8) is 0 Å². The molecule has 1 aromatic carbocycles. The first-order chi connectivity index (χ1) is 13.0. The fraction of sp³-hybridized carbons (Fsp3) is 0.704. The molecule has 1 aliphatic rings. The minimum Gasteiger partial charge on any atom is -0.103 e. The Labute approximate surface area is 174 Å². The highest BCUT2D eigenvalue weighted by molar-refractivity contribution is 5.40. The second-order valence-corrected chi connectivity index (χ2v) is 6.19. The van der Waals surface area contributed by atoms with Crippen LogP contribution in [0.3, 0.4) is 0 Å². The van der Waals surface area contributed by atoms with Gasteiger partial charge in [-0.2, -0.15) is 0 Å². The molecule has 162 valence electrons. The molecule has 0 aliphatic heterocycles. The van der Waals surface area contributed by atoms with E-state index in [1.165, 1.54) is 42.4 Å². The first kappa shape index (κ1) is 33.5. The first-order valence-electron chi connectivity index (χ1n) is 11.6. The maximum atomic E-state index is 3.36. The van der Waals surface area contributed by atoms with Gasteiger partial charge in [-0.05, 0) is 69.1 Å². The van der Waals surface area contributed by atoms with Crippen LogP contribution in [0, 0.1) is 26.7 Å². The van der Waals surface area contributed by atoms with Crippen molar-refractivity contribution in [3.05, 3.63) is 47.0 Å². The van der Waals surface area contributed by atoms with E-state index >= 15 is 0 Å². The lowest BCUT2D eigenvalue weighted by Gasteiger charge is -2.29. The number of benzene rings is 1. The van der Waals surface area contributed by atoms with E-state index < -0.39 is 0 Å².